The van der Waals surface area contributed by atoms with Crippen molar-refractivity contribution in [2.75, 3.05) is 13.7 Å². The highest BCUT2D eigenvalue weighted by atomic mass is 35.5. The van der Waals surface area contributed by atoms with Gasteiger partial charge in [-0.15, -0.1) is 0 Å². The molecule has 0 N–H and O–H groups in total. The minimum Gasteiger partial charge on any atom is -0.383 e. The SMILES string of the molecule is COCCn1c(=O)c2c(ncn2Cc2ccccc2F)n(-c2cccc(Cl)c2)c1=O. The Bertz CT molecular complexity index is 1340. The van der Waals surface area contributed by atoms with Crippen LogP contribution in [0.4, 0.5) is 4.39 Å². The Kier molecular flexibility index (Phi) is 5.52. The highest BCUT2D eigenvalue weighted by molar-refractivity contribution is 6.30. The van der Waals surface area contributed by atoms with E-state index in [1.165, 1.54) is 24.1 Å². The Morgan fingerprint density at radius 3 is 2.67 bits per heavy atom. The summed E-state index contributed by atoms with van der Waals surface area (Å²) in [4.78, 5) is 30.6. The largest absolute Gasteiger partial charge is 0.383 e. The van der Waals surface area contributed by atoms with E-state index < -0.39 is 11.2 Å². The summed E-state index contributed by atoms with van der Waals surface area (Å²) >= 11 is 6.11. The van der Waals surface area contributed by atoms with Gasteiger partial charge >= 0.3 is 5.69 Å². The molecule has 154 valence electrons. The maximum absolute atomic E-state index is 14.2. The summed E-state index contributed by atoms with van der Waals surface area (Å²) in [6, 6.07) is 13.0. The van der Waals surface area contributed by atoms with Crippen LogP contribution in [0.5, 0.6) is 0 Å². The van der Waals surface area contributed by atoms with Gasteiger partial charge in [0.05, 0.1) is 31.7 Å². The summed E-state index contributed by atoms with van der Waals surface area (Å²) in [7, 11) is 1.49. The highest BCUT2D eigenvalue weighted by Crippen LogP contribution is 2.18. The standard InChI is InChI=1S/C21H18ClFN4O3/c1-30-10-9-26-20(28)18-19(27(21(26)29)16-7-4-6-15(22)11-16)24-13-25(18)12-14-5-2-3-8-17(14)23/h2-8,11,13H,9-10,12H2,1H3. The van der Waals surface area contributed by atoms with E-state index in [-0.39, 0.29) is 36.7 Å². The number of methoxy groups -OCH3 is 1. The molecule has 2 heterocycles. The van der Waals surface area contributed by atoms with Crippen LogP contribution in [-0.4, -0.2) is 32.4 Å². The van der Waals surface area contributed by atoms with Crippen LogP contribution in [0, 0.1) is 5.82 Å². The predicted molar refractivity (Wildman–Crippen MR) is 112 cm³/mol. The number of hydrogen-bond donors (Lipinski definition) is 0. The Hall–Kier alpha value is -3.23. The molecule has 0 aliphatic rings. The summed E-state index contributed by atoms with van der Waals surface area (Å²) in [5, 5.41) is 0.438. The molecule has 0 saturated carbocycles. The van der Waals surface area contributed by atoms with Gasteiger partial charge in [0.15, 0.2) is 11.2 Å². The fourth-order valence-electron chi connectivity index (χ4n) is 3.34. The zero-order valence-electron chi connectivity index (χ0n) is 16.1. The van der Waals surface area contributed by atoms with Crippen molar-refractivity contribution >= 4 is 22.8 Å². The number of benzene rings is 2. The first-order valence-corrected chi connectivity index (χ1v) is 9.58. The molecular formula is C21H18ClFN4O3. The second kappa shape index (κ2) is 8.25. The van der Waals surface area contributed by atoms with Gasteiger partial charge in [0, 0.05) is 17.7 Å². The molecule has 0 spiro atoms. The lowest BCUT2D eigenvalue weighted by molar-refractivity contribution is 0.184. The monoisotopic (exact) mass is 428 g/mol. The summed E-state index contributed by atoms with van der Waals surface area (Å²) < 4.78 is 23.2. The molecule has 4 aromatic rings. The van der Waals surface area contributed by atoms with E-state index in [0.717, 1.165) is 4.57 Å². The second-order valence-electron chi connectivity index (χ2n) is 6.68. The molecule has 0 unspecified atom stereocenters. The number of fused-ring (bicyclic) bond motifs is 1. The first-order valence-electron chi connectivity index (χ1n) is 9.20. The zero-order valence-corrected chi connectivity index (χ0v) is 16.8. The third kappa shape index (κ3) is 3.55. The molecular weight excluding hydrogens is 411 g/mol. The van der Waals surface area contributed by atoms with E-state index in [4.69, 9.17) is 16.3 Å². The van der Waals surface area contributed by atoms with Gasteiger partial charge in [-0.3, -0.25) is 9.36 Å². The van der Waals surface area contributed by atoms with Crippen LogP contribution in [-0.2, 0) is 17.8 Å². The van der Waals surface area contributed by atoms with Crippen LogP contribution in [0.2, 0.25) is 5.02 Å². The van der Waals surface area contributed by atoms with Gasteiger partial charge in [0.2, 0.25) is 0 Å². The quantitative estimate of drug-likeness (QED) is 0.473. The molecule has 9 heteroatoms. The van der Waals surface area contributed by atoms with E-state index >= 15 is 0 Å². The number of nitrogens with zero attached hydrogens (tertiary/aromatic N) is 4. The lowest BCUT2D eigenvalue weighted by Gasteiger charge is -2.13. The van der Waals surface area contributed by atoms with Crippen molar-refractivity contribution in [2.24, 2.45) is 0 Å². The van der Waals surface area contributed by atoms with Crippen molar-refractivity contribution in [2.45, 2.75) is 13.1 Å². The van der Waals surface area contributed by atoms with Crippen LogP contribution >= 0.6 is 11.6 Å². The molecule has 0 bridgehead atoms. The number of ether oxygens (including phenoxy) is 1. The Morgan fingerprint density at radius 2 is 1.93 bits per heavy atom. The van der Waals surface area contributed by atoms with Gasteiger partial charge in [-0.1, -0.05) is 35.9 Å². The normalized spacial score (nSPS) is 11.3. The van der Waals surface area contributed by atoms with Gasteiger partial charge in [-0.25, -0.2) is 18.7 Å². The minimum absolute atomic E-state index is 0.0650. The molecule has 0 aliphatic carbocycles. The lowest BCUT2D eigenvalue weighted by Crippen LogP contribution is -2.41. The molecule has 0 amide bonds. The molecule has 4 rings (SSSR count). The van der Waals surface area contributed by atoms with Gasteiger partial charge in [-0.2, -0.15) is 0 Å². The highest BCUT2D eigenvalue weighted by Gasteiger charge is 2.20. The van der Waals surface area contributed by atoms with Crippen molar-refractivity contribution in [3.05, 3.63) is 92.1 Å². The summed E-state index contributed by atoms with van der Waals surface area (Å²) in [5.41, 5.74) is 0.174. The lowest BCUT2D eigenvalue weighted by atomic mass is 10.2. The number of halogens is 2. The van der Waals surface area contributed by atoms with Crippen LogP contribution in [0.3, 0.4) is 0 Å². The van der Waals surface area contributed by atoms with Crippen molar-refractivity contribution in [1.82, 2.24) is 18.7 Å². The number of hydrogen-bond acceptors (Lipinski definition) is 4. The van der Waals surface area contributed by atoms with Gasteiger partial charge in [-0.05, 0) is 24.3 Å². The van der Waals surface area contributed by atoms with Gasteiger partial charge in [0.25, 0.3) is 5.56 Å². The Labute approximate surface area is 175 Å². The number of rotatable bonds is 6. The van der Waals surface area contributed by atoms with Crippen LogP contribution in [0.15, 0.2) is 64.4 Å². The minimum atomic E-state index is -0.553. The van der Waals surface area contributed by atoms with Crippen LogP contribution < -0.4 is 11.2 Å². The third-order valence-corrected chi connectivity index (χ3v) is 5.02. The summed E-state index contributed by atoms with van der Waals surface area (Å²) in [5.74, 6) is -0.387. The van der Waals surface area contributed by atoms with E-state index in [1.54, 1.807) is 47.0 Å². The molecule has 0 atom stereocenters. The fourth-order valence-corrected chi connectivity index (χ4v) is 3.52. The third-order valence-electron chi connectivity index (χ3n) is 4.78. The number of aromatic nitrogens is 4. The average molecular weight is 429 g/mol. The Balaban J connectivity index is 1.99. The average Bonchev–Trinajstić information content (AvgIpc) is 3.13. The molecule has 0 aliphatic heterocycles. The van der Waals surface area contributed by atoms with Crippen molar-refractivity contribution < 1.29 is 9.13 Å². The molecule has 0 saturated heterocycles. The molecule has 0 fully saturated rings. The van der Waals surface area contributed by atoms with E-state index in [0.29, 0.717) is 16.3 Å². The van der Waals surface area contributed by atoms with Crippen molar-refractivity contribution in [1.29, 1.82) is 0 Å². The maximum Gasteiger partial charge on any atom is 0.337 e. The molecule has 0 radical (unpaired) electrons. The molecule has 7 nitrogen and oxygen atoms in total. The van der Waals surface area contributed by atoms with Crippen molar-refractivity contribution in [3.8, 4) is 5.69 Å². The maximum atomic E-state index is 14.2. The van der Waals surface area contributed by atoms with E-state index in [2.05, 4.69) is 4.98 Å². The number of imidazole rings is 1. The first-order chi connectivity index (χ1) is 14.5. The zero-order chi connectivity index (χ0) is 21.3. The predicted octanol–water partition coefficient (Wildman–Crippen LogP) is 2.84. The Morgan fingerprint density at radius 1 is 1.13 bits per heavy atom. The second-order valence-corrected chi connectivity index (χ2v) is 7.12. The fraction of sp³-hybridized carbons (Fsp3) is 0.190. The van der Waals surface area contributed by atoms with Gasteiger partial charge < -0.3 is 9.30 Å². The smallest absolute Gasteiger partial charge is 0.337 e. The van der Waals surface area contributed by atoms with Crippen LogP contribution in [0.25, 0.3) is 16.9 Å². The van der Waals surface area contributed by atoms with E-state index in [9.17, 15) is 14.0 Å². The molecule has 30 heavy (non-hydrogen) atoms. The molecule has 2 aromatic heterocycles. The molecule has 2 aromatic carbocycles. The summed E-state index contributed by atoms with van der Waals surface area (Å²) in [6.07, 6.45) is 1.43. The first kappa shape index (κ1) is 20.1. The van der Waals surface area contributed by atoms with Gasteiger partial charge in [0.1, 0.15) is 5.82 Å². The van der Waals surface area contributed by atoms with Crippen LogP contribution in [0.1, 0.15) is 5.56 Å². The summed E-state index contributed by atoms with van der Waals surface area (Å²) in [6.45, 7) is 0.337. The van der Waals surface area contributed by atoms with Crippen molar-refractivity contribution in [3.63, 3.8) is 0 Å². The van der Waals surface area contributed by atoms with E-state index in [1.807, 2.05) is 0 Å². The topological polar surface area (TPSA) is 71.1 Å².